The summed E-state index contributed by atoms with van der Waals surface area (Å²) in [5, 5.41) is 12.5. The highest BCUT2D eigenvalue weighted by Crippen LogP contribution is 2.29. The maximum atomic E-state index is 12.0. The van der Waals surface area contributed by atoms with Gasteiger partial charge in [0, 0.05) is 16.5 Å². The molecule has 1 heterocycles. The summed E-state index contributed by atoms with van der Waals surface area (Å²) in [6.45, 7) is 6.94. The van der Waals surface area contributed by atoms with E-state index < -0.39 is 23.5 Å². The normalized spacial score (nSPS) is 12.0. The van der Waals surface area contributed by atoms with Gasteiger partial charge in [-0.1, -0.05) is 19.8 Å². The Morgan fingerprint density at radius 2 is 1.89 bits per heavy atom. The van der Waals surface area contributed by atoms with Crippen molar-refractivity contribution in [3.05, 3.63) is 39.2 Å². The molecule has 0 aliphatic rings. The zero-order chi connectivity index (χ0) is 20.1. The van der Waals surface area contributed by atoms with E-state index in [2.05, 4.69) is 5.32 Å². The predicted octanol–water partition coefficient (Wildman–Crippen LogP) is 2.86. The van der Waals surface area contributed by atoms with E-state index in [-0.39, 0.29) is 6.61 Å². The smallest absolute Gasteiger partial charge is 0.339 e. The molecular weight excluding hydrogens is 350 g/mol. The van der Waals surface area contributed by atoms with Crippen LogP contribution >= 0.6 is 0 Å². The first-order valence-corrected chi connectivity index (χ1v) is 8.94. The molecule has 0 radical (unpaired) electrons. The minimum atomic E-state index is -1.06. The van der Waals surface area contributed by atoms with Crippen LogP contribution in [0.1, 0.15) is 42.9 Å². The Hall–Kier alpha value is -2.83. The molecule has 2 aromatic rings. The Morgan fingerprint density at radius 1 is 1.19 bits per heavy atom. The number of amides is 1. The van der Waals surface area contributed by atoms with Crippen LogP contribution in [0.3, 0.4) is 0 Å². The molecule has 0 saturated carbocycles. The summed E-state index contributed by atoms with van der Waals surface area (Å²) in [6, 6.07) is 2.56. The number of nitrogens with one attached hydrogen (secondary N) is 1. The zero-order valence-corrected chi connectivity index (χ0v) is 16.0. The Kier molecular flexibility index (Phi) is 6.60. The largest absolute Gasteiger partial charge is 0.483 e. The maximum Gasteiger partial charge on any atom is 0.339 e. The molecule has 1 aromatic heterocycles. The van der Waals surface area contributed by atoms with Crippen molar-refractivity contribution in [1.82, 2.24) is 5.32 Å². The lowest BCUT2D eigenvalue weighted by Gasteiger charge is -2.15. The highest BCUT2D eigenvalue weighted by molar-refractivity contribution is 5.86. The third-order valence-electron chi connectivity index (χ3n) is 4.66. The number of aryl methyl sites for hydroxylation is 2. The van der Waals surface area contributed by atoms with Crippen molar-refractivity contribution in [3.63, 3.8) is 0 Å². The van der Waals surface area contributed by atoms with Crippen LogP contribution < -0.4 is 15.7 Å². The lowest BCUT2D eigenvalue weighted by Crippen LogP contribution is -2.42. The van der Waals surface area contributed by atoms with Gasteiger partial charge in [0.2, 0.25) is 0 Å². The highest BCUT2D eigenvalue weighted by atomic mass is 16.5. The molecule has 0 spiro atoms. The molecule has 27 heavy (non-hydrogen) atoms. The van der Waals surface area contributed by atoms with Crippen LogP contribution in [0.2, 0.25) is 0 Å². The van der Waals surface area contributed by atoms with E-state index in [0.717, 1.165) is 17.4 Å². The molecule has 7 heteroatoms. The molecule has 7 nitrogen and oxygen atoms in total. The molecule has 0 saturated heterocycles. The van der Waals surface area contributed by atoms with Gasteiger partial charge >= 0.3 is 11.6 Å². The second-order valence-corrected chi connectivity index (χ2v) is 6.59. The Labute approximate surface area is 157 Å². The molecule has 2 N–H and O–H groups in total. The van der Waals surface area contributed by atoms with E-state index in [1.54, 1.807) is 26.0 Å². The Balaban J connectivity index is 2.14. The standard InChI is InChI=1S/C20H25NO6/c1-5-6-7-15(19(23)24)21-17(22)10-26-16-9-8-14-11(2)12(3)20(25)27-18(14)13(16)4/h8-9,15H,5-7,10H2,1-4H3,(H,21,22)(H,23,24)/t15-/m1/s1. The second kappa shape index (κ2) is 8.70. The van der Waals surface area contributed by atoms with Gasteiger partial charge in [0.1, 0.15) is 17.4 Å². The first-order valence-electron chi connectivity index (χ1n) is 8.94. The fourth-order valence-corrected chi connectivity index (χ4v) is 2.83. The minimum absolute atomic E-state index is 0.322. The number of benzene rings is 1. The molecule has 0 bridgehead atoms. The topological polar surface area (TPSA) is 106 Å². The first kappa shape index (κ1) is 20.5. The van der Waals surface area contributed by atoms with Crippen molar-refractivity contribution in [1.29, 1.82) is 0 Å². The zero-order valence-electron chi connectivity index (χ0n) is 16.0. The lowest BCUT2D eigenvalue weighted by atomic mass is 10.0. The monoisotopic (exact) mass is 375 g/mol. The van der Waals surface area contributed by atoms with Gasteiger partial charge in [-0.05, 0) is 44.9 Å². The molecule has 1 atom stereocenters. The summed E-state index contributed by atoms with van der Waals surface area (Å²) in [7, 11) is 0. The summed E-state index contributed by atoms with van der Waals surface area (Å²) < 4.78 is 10.9. The van der Waals surface area contributed by atoms with Gasteiger partial charge in [-0.2, -0.15) is 0 Å². The second-order valence-electron chi connectivity index (χ2n) is 6.59. The van der Waals surface area contributed by atoms with Gasteiger partial charge in [-0.25, -0.2) is 9.59 Å². The van der Waals surface area contributed by atoms with E-state index in [4.69, 9.17) is 9.15 Å². The van der Waals surface area contributed by atoms with Crippen LogP contribution in [0.25, 0.3) is 11.0 Å². The van der Waals surface area contributed by atoms with Gasteiger partial charge in [0.15, 0.2) is 6.61 Å². The van der Waals surface area contributed by atoms with Crippen LogP contribution in [0, 0.1) is 20.8 Å². The average Bonchev–Trinajstić information content (AvgIpc) is 2.63. The summed E-state index contributed by atoms with van der Waals surface area (Å²) in [4.78, 5) is 35.2. The number of aliphatic carboxylic acids is 1. The summed E-state index contributed by atoms with van der Waals surface area (Å²) in [6.07, 6.45) is 1.92. The van der Waals surface area contributed by atoms with Crippen molar-refractivity contribution in [2.45, 2.75) is 53.0 Å². The molecule has 1 amide bonds. The molecular formula is C20H25NO6. The number of ether oxygens (including phenoxy) is 1. The Bertz CT molecular complexity index is 915. The number of carboxylic acids is 1. The number of rotatable bonds is 8. The van der Waals surface area contributed by atoms with Crippen LogP contribution in [0.4, 0.5) is 0 Å². The van der Waals surface area contributed by atoms with Crippen molar-refractivity contribution in [3.8, 4) is 5.75 Å². The van der Waals surface area contributed by atoms with Crippen molar-refractivity contribution >= 4 is 22.8 Å². The summed E-state index contributed by atoms with van der Waals surface area (Å²) in [5.74, 6) is -1.17. The average molecular weight is 375 g/mol. The van der Waals surface area contributed by atoms with Crippen molar-refractivity contribution in [2.24, 2.45) is 0 Å². The van der Waals surface area contributed by atoms with Crippen LogP contribution in [-0.4, -0.2) is 29.6 Å². The van der Waals surface area contributed by atoms with Gasteiger partial charge in [-0.15, -0.1) is 0 Å². The van der Waals surface area contributed by atoms with E-state index in [9.17, 15) is 19.5 Å². The predicted molar refractivity (Wildman–Crippen MR) is 101 cm³/mol. The summed E-state index contributed by atoms with van der Waals surface area (Å²) in [5.41, 5.74) is 2.03. The Morgan fingerprint density at radius 3 is 2.52 bits per heavy atom. The fraction of sp³-hybridized carbons (Fsp3) is 0.450. The van der Waals surface area contributed by atoms with E-state index in [0.29, 0.717) is 35.3 Å². The number of unbranched alkanes of at least 4 members (excludes halogenated alkanes) is 1. The highest BCUT2D eigenvalue weighted by Gasteiger charge is 2.20. The third-order valence-corrected chi connectivity index (χ3v) is 4.66. The van der Waals surface area contributed by atoms with Gasteiger partial charge in [-0.3, -0.25) is 4.79 Å². The molecule has 146 valence electrons. The number of carbonyl (C=O) groups excluding carboxylic acids is 1. The van der Waals surface area contributed by atoms with E-state index in [1.165, 1.54) is 0 Å². The van der Waals surface area contributed by atoms with Crippen LogP contribution in [-0.2, 0) is 9.59 Å². The molecule has 0 aliphatic heterocycles. The molecule has 0 unspecified atom stereocenters. The van der Waals surface area contributed by atoms with E-state index >= 15 is 0 Å². The van der Waals surface area contributed by atoms with Crippen LogP contribution in [0.5, 0.6) is 5.75 Å². The molecule has 0 fully saturated rings. The number of fused-ring (bicyclic) bond motifs is 1. The molecule has 1 aromatic carbocycles. The van der Waals surface area contributed by atoms with Gasteiger partial charge in [0.05, 0.1) is 0 Å². The number of carbonyl (C=O) groups is 2. The van der Waals surface area contributed by atoms with Crippen molar-refractivity contribution in [2.75, 3.05) is 6.61 Å². The SMILES string of the molecule is CCCC[C@@H](NC(=O)COc1ccc2c(C)c(C)c(=O)oc2c1C)C(=O)O. The van der Waals surface area contributed by atoms with Gasteiger partial charge < -0.3 is 19.6 Å². The molecule has 0 aliphatic carbocycles. The van der Waals surface area contributed by atoms with E-state index in [1.807, 2.05) is 13.8 Å². The quantitative estimate of drug-likeness (QED) is 0.687. The third kappa shape index (κ3) is 4.67. The minimum Gasteiger partial charge on any atom is -0.483 e. The molecule has 2 rings (SSSR count). The van der Waals surface area contributed by atoms with Crippen LogP contribution in [0.15, 0.2) is 21.3 Å². The number of hydrogen-bond donors (Lipinski definition) is 2. The lowest BCUT2D eigenvalue weighted by molar-refractivity contribution is -0.142. The number of carboxylic acid groups (broad SMARTS) is 1. The van der Waals surface area contributed by atoms with Gasteiger partial charge in [0.25, 0.3) is 5.91 Å². The number of hydrogen-bond acceptors (Lipinski definition) is 5. The summed E-state index contributed by atoms with van der Waals surface area (Å²) >= 11 is 0. The maximum absolute atomic E-state index is 12.0. The van der Waals surface area contributed by atoms with Crippen molar-refractivity contribution < 1.29 is 23.8 Å². The first-order chi connectivity index (χ1) is 12.8. The fourth-order valence-electron chi connectivity index (χ4n) is 2.83.